The topological polar surface area (TPSA) is 98.3 Å². The van der Waals surface area contributed by atoms with E-state index in [9.17, 15) is 14.9 Å². The van der Waals surface area contributed by atoms with Crippen LogP contribution in [0.3, 0.4) is 0 Å². The number of nitrogens with one attached hydrogen (secondary N) is 1. The first-order chi connectivity index (χ1) is 14.3. The summed E-state index contributed by atoms with van der Waals surface area (Å²) in [6, 6.07) is 15.6. The molecule has 1 heterocycles. The van der Waals surface area contributed by atoms with Crippen molar-refractivity contribution in [1.29, 1.82) is 0 Å². The molecule has 1 amide bonds. The van der Waals surface area contributed by atoms with Crippen molar-refractivity contribution in [2.75, 3.05) is 5.32 Å². The fraction of sp³-hybridized carbons (Fsp3) is 0.130. The second-order valence-corrected chi connectivity index (χ2v) is 7.18. The van der Waals surface area contributed by atoms with E-state index in [0.717, 1.165) is 22.2 Å². The number of nitro benzene ring substituents is 1. The van der Waals surface area contributed by atoms with E-state index in [1.807, 2.05) is 44.2 Å². The Kier molecular flexibility index (Phi) is 4.79. The standard InChI is InChI=1S/C23H19N3O4/c1-13-7-10-21-19(11-13)25-23(30-21)17-5-4-6-18(15(17)3)24-22(27)16-8-9-20(26(28)29)14(2)12-16/h4-12H,1-3H3,(H,24,27). The van der Waals surface area contributed by atoms with Gasteiger partial charge in [0.05, 0.1) is 4.92 Å². The van der Waals surface area contributed by atoms with E-state index in [0.29, 0.717) is 28.3 Å². The van der Waals surface area contributed by atoms with Crippen molar-refractivity contribution < 1.29 is 14.1 Å². The number of aromatic nitrogens is 1. The number of oxazole rings is 1. The molecule has 0 atom stereocenters. The molecule has 4 aromatic rings. The van der Waals surface area contributed by atoms with Crippen LogP contribution >= 0.6 is 0 Å². The third-order valence-electron chi connectivity index (χ3n) is 5.01. The molecule has 0 fully saturated rings. The molecular weight excluding hydrogens is 382 g/mol. The zero-order valence-corrected chi connectivity index (χ0v) is 16.7. The number of benzene rings is 3. The number of anilines is 1. The Labute approximate surface area is 172 Å². The molecule has 0 saturated carbocycles. The number of carbonyl (C=O) groups is 1. The van der Waals surface area contributed by atoms with Crippen LogP contribution in [0.4, 0.5) is 11.4 Å². The molecule has 0 spiro atoms. The van der Waals surface area contributed by atoms with E-state index in [1.165, 1.54) is 18.2 Å². The number of amides is 1. The Morgan fingerprint density at radius 1 is 1.07 bits per heavy atom. The number of aryl methyl sites for hydroxylation is 2. The predicted octanol–water partition coefficient (Wildman–Crippen LogP) is 5.58. The van der Waals surface area contributed by atoms with Gasteiger partial charge >= 0.3 is 0 Å². The minimum atomic E-state index is -0.466. The van der Waals surface area contributed by atoms with Crippen LogP contribution in [0, 0.1) is 30.9 Å². The maximum Gasteiger partial charge on any atom is 0.272 e. The maximum absolute atomic E-state index is 12.7. The molecule has 0 bridgehead atoms. The summed E-state index contributed by atoms with van der Waals surface area (Å²) >= 11 is 0. The second kappa shape index (κ2) is 7.44. The minimum Gasteiger partial charge on any atom is -0.436 e. The van der Waals surface area contributed by atoms with E-state index in [4.69, 9.17) is 4.42 Å². The van der Waals surface area contributed by atoms with Gasteiger partial charge in [0.2, 0.25) is 5.89 Å². The smallest absolute Gasteiger partial charge is 0.272 e. The van der Waals surface area contributed by atoms with Crippen molar-refractivity contribution in [2.24, 2.45) is 0 Å². The lowest BCUT2D eigenvalue weighted by atomic mass is 10.1. The molecule has 0 aliphatic rings. The van der Waals surface area contributed by atoms with Crippen LogP contribution in [0.15, 0.2) is 59.0 Å². The summed E-state index contributed by atoms with van der Waals surface area (Å²) in [5.41, 5.74) is 5.54. The molecule has 3 aromatic carbocycles. The number of nitrogens with zero attached hydrogens (tertiary/aromatic N) is 2. The fourth-order valence-electron chi connectivity index (χ4n) is 3.35. The van der Waals surface area contributed by atoms with Gasteiger partial charge in [-0.15, -0.1) is 0 Å². The lowest BCUT2D eigenvalue weighted by Gasteiger charge is -2.11. The van der Waals surface area contributed by atoms with Crippen molar-refractivity contribution >= 4 is 28.4 Å². The average molecular weight is 401 g/mol. The Hall–Kier alpha value is -4.00. The van der Waals surface area contributed by atoms with Crippen LogP contribution in [0.2, 0.25) is 0 Å². The van der Waals surface area contributed by atoms with Crippen LogP contribution in [0.5, 0.6) is 0 Å². The van der Waals surface area contributed by atoms with Crippen LogP contribution < -0.4 is 5.32 Å². The Morgan fingerprint density at radius 2 is 1.87 bits per heavy atom. The molecule has 0 aliphatic heterocycles. The molecule has 0 radical (unpaired) electrons. The van der Waals surface area contributed by atoms with Gasteiger partial charge in [-0.1, -0.05) is 12.1 Å². The van der Waals surface area contributed by atoms with Gasteiger partial charge in [-0.2, -0.15) is 0 Å². The Bertz CT molecular complexity index is 1310. The summed E-state index contributed by atoms with van der Waals surface area (Å²) < 4.78 is 5.90. The highest BCUT2D eigenvalue weighted by Gasteiger charge is 2.17. The number of nitro groups is 1. The van der Waals surface area contributed by atoms with E-state index in [1.54, 1.807) is 13.0 Å². The average Bonchev–Trinajstić information content (AvgIpc) is 3.12. The first kappa shape index (κ1) is 19.3. The lowest BCUT2D eigenvalue weighted by Crippen LogP contribution is -2.13. The zero-order chi connectivity index (χ0) is 21.4. The van der Waals surface area contributed by atoms with Gasteiger partial charge in [-0.3, -0.25) is 14.9 Å². The number of rotatable bonds is 4. The van der Waals surface area contributed by atoms with Crippen molar-refractivity contribution in [1.82, 2.24) is 4.98 Å². The van der Waals surface area contributed by atoms with Crippen molar-refractivity contribution in [3.63, 3.8) is 0 Å². The zero-order valence-electron chi connectivity index (χ0n) is 16.7. The third kappa shape index (κ3) is 3.53. The summed E-state index contributed by atoms with van der Waals surface area (Å²) in [6.45, 7) is 5.48. The van der Waals surface area contributed by atoms with Gasteiger partial charge in [0, 0.05) is 28.4 Å². The molecule has 0 aliphatic carbocycles. The highest BCUT2D eigenvalue weighted by atomic mass is 16.6. The van der Waals surface area contributed by atoms with E-state index in [2.05, 4.69) is 10.3 Å². The molecule has 0 unspecified atom stereocenters. The second-order valence-electron chi connectivity index (χ2n) is 7.18. The van der Waals surface area contributed by atoms with E-state index < -0.39 is 4.92 Å². The summed E-state index contributed by atoms with van der Waals surface area (Å²) in [6.07, 6.45) is 0. The van der Waals surface area contributed by atoms with Gasteiger partial charge in [0.15, 0.2) is 5.58 Å². The summed E-state index contributed by atoms with van der Waals surface area (Å²) in [5.74, 6) is 0.136. The SMILES string of the molecule is Cc1ccc2oc(-c3cccc(NC(=O)c4ccc([N+](=O)[O-])c(C)c4)c3C)nc2c1. The highest BCUT2D eigenvalue weighted by molar-refractivity contribution is 6.05. The van der Waals surface area contributed by atoms with Gasteiger partial charge in [-0.05, 0) is 68.3 Å². The van der Waals surface area contributed by atoms with Crippen LogP contribution in [0.1, 0.15) is 27.0 Å². The first-order valence-corrected chi connectivity index (χ1v) is 9.37. The first-order valence-electron chi connectivity index (χ1n) is 9.37. The van der Waals surface area contributed by atoms with Gasteiger partial charge in [0.25, 0.3) is 11.6 Å². The van der Waals surface area contributed by atoms with Crippen LogP contribution in [-0.2, 0) is 0 Å². The van der Waals surface area contributed by atoms with Gasteiger partial charge < -0.3 is 9.73 Å². The molecule has 150 valence electrons. The van der Waals surface area contributed by atoms with Crippen molar-refractivity contribution in [3.8, 4) is 11.5 Å². The largest absolute Gasteiger partial charge is 0.436 e. The predicted molar refractivity (Wildman–Crippen MR) is 115 cm³/mol. The van der Waals surface area contributed by atoms with Crippen molar-refractivity contribution in [3.05, 3.63) is 87.0 Å². The quantitative estimate of drug-likeness (QED) is 0.355. The van der Waals surface area contributed by atoms with Crippen LogP contribution in [-0.4, -0.2) is 15.8 Å². The number of hydrogen-bond acceptors (Lipinski definition) is 5. The third-order valence-corrected chi connectivity index (χ3v) is 5.01. The van der Waals surface area contributed by atoms with Gasteiger partial charge in [-0.25, -0.2) is 4.98 Å². The molecule has 0 saturated heterocycles. The number of hydrogen-bond donors (Lipinski definition) is 1. The van der Waals surface area contributed by atoms with Gasteiger partial charge in [0.1, 0.15) is 5.52 Å². The molecule has 30 heavy (non-hydrogen) atoms. The minimum absolute atomic E-state index is 0.0177. The molecular formula is C23H19N3O4. The molecule has 1 aromatic heterocycles. The summed E-state index contributed by atoms with van der Waals surface area (Å²) in [7, 11) is 0. The normalized spacial score (nSPS) is 10.9. The lowest BCUT2D eigenvalue weighted by molar-refractivity contribution is -0.385. The monoisotopic (exact) mass is 401 g/mol. The molecule has 7 nitrogen and oxygen atoms in total. The Morgan fingerprint density at radius 3 is 2.60 bits per heavy atom. The maximum atomic E-state index is 12.7. The van der Waals surface area contributed by atoms with E-state index in [-0.39, 0.29) is 11.6 Å². The molecule has 1 N–H and O–H groups in total. The molecule has 4 rings (SSSR count). The number of fused-ring (bicyclic) bond motifs is 1. The fourth-order valence-corrected chi connectivity index (χ4v) is 3.35. The van der Waals surface area contributed by atoms with Crippen LogP contribution in [0.25, 0.3) is 22.6 Å². The summed E-state index contributed by atoms with van der Waals surface area (Å²) in [4.78, 5) is 27.8. The Balaban J connectivity index is 1.65. The summed E-state index contributed by atoms with van der Waals surface area (Å²) in [5, 5.41) is 13.9. The van der Waals surface area contributed by atoms with Crippen molar-refractivity contribution in [2.45, 2.75) is 20.8 Å². The van der Waals surface area contributed by atoms with E-state index >= 15 is 0 Å². The molecule has 7 heteroatoms. The highest BCUT2D eigenvalue weighted by Crippen LogP contribution is 2.31. The number of carbonyl (C=O) groups excluding carboxylic acids is 1.